The van der Waals surface area contributed by atoms with Crippen LogP contribution in [0.15, 0.2) is 17.2 Å². The van der Waals surface area contributed by atoms with Gasteiger partial charge in [0.05, 0.1) is 5.92 Å². The van der Waals surface area contributed by atoms with Crippen molar-refractivity contribution < 1.29 is 18.0 Å². The van der Waals surface area contributed by atoms with Crippen LogP contribution in [0.5, 0.6) is 0 Å². The Morgan fingerprint density at radius 3 is 2.62 bits per heavy atom. The van der Waals surface area contributed by atoms with Crippen LogP contribution in [-0.2, 0) is 21.9 Å². The van der Waals surface area contributed by atoms with Gasteiger partial charge in [0, 0.05) is 39.4 Å². The maximum atomic E-state index is 12.7. The number of carbonyl (C=O) groups is 2. The SMILES string of the molecule is Cn1cc(S(=O)(=O)N2CCCC2)cc1C(=O)NCCCN1CCCC(C(N)=O)C1. The highest BCUT2D eigenvalue weighted by atomic mass is 32.2. The standard InChI is InChI=1S/C19H31N5O4S/c1-22-14-16(29(27,28)24-10-2-3-11-24)12-17(22)19(26)21-7-5-9-23-8-4-6-15(13-23)18(20)25/h12,14-15H,2-11,13H2,1H3,(H2,20,25)(H,21,26). The molecule has 3 heterocycles. The fourth-order valence-electron chi connectivity index (χ4n) is 4.06. The summed E-state index contributed by atoms with van der Waals surface area (Å²) < 4.78 is 28.4. The van der Waals surface area contributed by atoms with Gasteiger partial charge >= 0.3 is 0 Å². The molecule has 0 aromatic carbocycles. The van der Waals surface area contributed by atoms with Crippen molar-refractivity contribution in [3.63, 3.8) is 0 Å². The van der Waals surface area contributed by atoms with Crippen LogP contribution in [0.3, 0.4) is 0 Å². The first kappa shape index (κ1) is 21.8. The monoisotopic (exact) mass is 425 g/mol. The Morgan fingerprint density at radius 1 is 1.21 bits per heavy atom. The number of likely N-dealkylation sites (tertiary alicyclic amines) is 1. The Morgan fingerprint density at radius 2 is 1.93 bits per heavy atom. The molecule has 3 rings (SSSR count). The molecule has 0 bridgehead atoms. The lowest BCUT2D eigenvalue weighted by molar-refractivity contribution is -0.123. The smallest absolute Gasteiger partial charge is 0.267 e. The maximum Gasteiger partial charge on any atom is 0.267 e. The average Bonchev–Trinajstić information content (AvgIpc) is 3.36. The van der Waals surface area contributed by atoms with Gasteiger partial charge < -0.3 is 20.5 Å². The van der Waals surface area contributed by atoms with Crippen molar-refractivity contribution in [1.29, 1.82) is 0 Å². The molecule has 0 aliphatic carbocycles. The molecule has 162 valence electrons. The molecule has 2 amide bonds. The van der Waals surface area contributed by atoms with Gasteiger partial charge in [0.1, 0.15) is 10.6 Å². The van der Waals surface area contributed by atoms with Crippen molar-refractivity contribution in [1.82, 2.24) is 19.1 Å². The molecule has 1 aromatic heterocycles. The van der Waals surface area contributed by atoms with Crippen molar-refractivity contribution in [3.8, 4) is 0 Å². The van der Waals surface area contributed by atoms with Crippen LogP contribution in [0.2, 0.25) is 0 Å². The van der Waals surface area contributed by atoms with Gasteiger partial charge in [-0.15, -0.1) is 0 Å². The number of rotatable bonds is 8. The first-order valence-corrected chi connectivity index (χ1v) is 11.7. The molecule has 2 saturated heterocycles. The summed E-state index contributed by atoms with van der Waals surface area (Å²) in [5, 5.41) is 2.86. The quantitative estimate of drug-likeness (QED) is 0.574. The molecule has 0 spiro atoms. The third-order valence-electron chi connectivity index (χ3n) is 5.76. The molecule has 1 unspecified atom stereocenters. The Hall–Kier alpha value is -1.91. The minimum Gasteiger partial charge on any atom is -0.369 e. The number of sulfonamides is 1. The van der Waals surface area contributed by atoms with E-state index in [4.69, 9.17) is 5.73 Å². The second-order valence-corrected chi connectivity index (χ2v) is 9.87. The van der Waals surface area contributed by atoms with E-state index in [1.165, 1.54) is 16.6 Å². The predicted molar refractivity (Wildman–Crippen MR) is 109 cm³/mol. The third-order valence-corrected chi connectivity index (χ3v) is 7.62. The van der Waals surface area contributed by atoms with Crippen LogP contribution >= 0.6 is 0 Å². The molecule has 3 N–H and O–H groups in total. The van der Waals surface area contributed by atoms with Gasteiger partial charge in [-0.1, -0.05) is 0 Å². The molecule has 0 saturated carbocycles. The molecule has 1 atom stereocenters. The lowest BCUT2D eigenvalue weighted by Gasteiger charge is -2.31. The van der Waals surface area contributed by atoms with E-state index >= 15 is 0 Å². The highest BCUT2D eigenvalue weighted by Crippen LogP contribution is 2.22. The first-order valence-electron chi connectivity index (χ1n) is 10.3. The zero-order chi connectivity index (χ0) is 21.0. The molecule has 2 fully saturated rings. The summed E-state index contributed by atoms with van der Waals surface area (Å²) in [6.07, 6.45) is 5.80. The van der Waals surface area contributed by atoms with E-state index < -0.39 is 10.0 Å². The van der Waals surface area contributed by atoms with Crippen molar-refractivity contribution in [2.75, 3.05) is 39.3 Å². The highest BCUT2D eigenvalue weighted by molar-refractivity contribution is 7.89. The Kier molecular flexibility index (Phi) is 6.97. The molecule has 2 aliphatic heterocycles. The molecule has 0 radical (unpaired) electrons. The zero-order valence-electron chi connectivity index (χ0n) is 17.0. The van der Waals surface area contributed by atoms with Crippen molar-refractivity contribution >= 4 is 21.8 Å². The number of nitrogens with zero attached hydrogens (tertiary/aromatic N) is 3. The average molecular weight is 426 g/mol. The minimum atomic E-state index is -3.54. The normalized spacial score (nSPS) is 21.3. The highest BCUT2D eigenvalue weighted by Gasteiger charge is 2.29. The van der Waals surface area contributed by atoms with Gasteiger partial charge in [-0.05, 0) is 51.3 Å². The van der Waals surface area contributed by atoms with Crippen LogP contribution in [0.25, 0.3) is 0 Å². The Labute approximate surface area is 172 Å². The summed E-state index contributed by atoms with van der Waals surface area (Å²) in [6, 6.07) is 1.45. The summed E-state index contributed by atoms with van der Waals surface area (Å²) in [7, 11) is -1.86. The second-order valence-electron chi connectivity index (χ2n) is 7.93. The number of hydrogen-bond donors (Lipinski definition) is 2. The predicted octanol–water partition coefficient (Wildman–Crippen LogP) is 0.127. The largest absolute Gasteiger partial charge is 0.369 e. The Bertz CT molecular complexity index is 845. The fraction of sp³-hybridized carbons (Fsp3) is 0.684. The van der Waals surface area contributed by atoms with Crippen molar-refractivity contribution in [2.24, 2.45) is 18.7 Å². The van der Waals surface area contributed by atoms with Gasteiger partial charge in [-0.2, -0.15) is 4.31 Å². The number of nitrogens with two attached hydrogens (primary N) is 1. The van der Waals surface area contributed by atoms with E-state index in [2.05, 4.69) is 10.2 Å². The summed E-state index contributed by atoms with van der Waals surface area (Å²) in [6.45, 7) is 3.95. The molecule has 1 aromatic rings. The van der Waals surface area contributed by atoms with Gasteiger partial charge in [0.15, 0.2) is 0 Å². The molecule has 10 heteroatoms. The van der Waals surface area contributed by atoms with Gasteiger partial charge in [0.2, 0.25) is 15.9 Å². The maximum absolute atomic E-state index is 12.7. The number of aromatic nitrogens is 1. The summed E-state index contributed by atoms with van der Waals surface area (Å²) >= 11 is 0. The van der Waals surface area contributed by atoms with Crippen LogP contribution in [0.4, 0.5) is 0 Å². The van der Waals surface area contributed by atoms with Gasteiger partial charge in [0.25, 0.3) is 5.91 Å². The van der Waals surface area contributed by atoms with E-state index in [1.807, 2.05) is 0 Å². The van der Waals surface area contributed by atoms with Crippen LogP contribution < -0.4 is 11.1 Å². The molecular weight excluding hydrogens is 394 g/mol. The van der Waals surface area contributed by atoms with Crippen LogP contribution in [0.1, 0.15) is 42.6 Å². The molecule has 2 aliphatic rings. The van der Waals surface area contributed by atoms with Crippen molar-refractivity contribution in [2.45, 2.75) is 37.0 Å². The van der Waals surface area contributed by atoms with E-state index in [1.54, 1.807) is 11.6 Å². The number of aryl methyl sites for hydroxylation is 1. The number of carbonyl (C=O) groups excluding carboxylic acids is 2. The topological polar surface area (TPSA) is 118 Å². The van der Waals surface area contributed by atoms with E-state index in [-0.39, 0.29) is 22.6 Å². The van der Waals surface area contributed by atoms with E-state index in [0.717, 1.165) is 45.2 Å². The fourth-order valence-corrected chi connectivity index (χ4v) is 5.65. The summed E-state index contributed by atoms with van der Waals surface area (Å²) in [5.74, 6) is -0.617. The second kappa shape index (κ2) is 9.27. The van der Waals surface area contributed by atoms with Gasteiger partial charge in [-0.3, -0.25) is 9.59 Å². The summed E-state index contributed by atoms with van der Waals surface area (Å²) in [4.78, 5) is 26.2. The number of hydrogen-bond acceptors (Lipinski definition) is 5. The molecule has 9 nitrogen and oxygen atoms in total. The summed E-state index contributed by atoms with van der Waals surface area (Å²) in [5.41, 5.74) is 5.73. The van der Waals surface area contributed by atoms with E-state index in [9.17, 15) is 18.0 Å². The van der Waals surface area contributed by atoms with E-state index in [0.29, 0.717) is 31.9 Å². The number of nitrogens with one attached hydrogen (secondary N) is 1. The van der Waals surface area contributed by atoms with Gasteiger partial charge in [-0.25, -0.2) is 8.42 Å². The lowest BCUT2D eigenvalue weighted by atomic mass is 9.97. The minimum absolute atomic E-state index is 0.0855. The number of piperidine rings is 1. The first-order chi connectivity index (χ1) is 13.8. The van der Waals surface area contributed by atoms with Crippen LogP contribution in [-0.4, -0.2) is 73.3 Å². The molecular formula is C19H31N5O4S. The zero-order valence-corrected chi connectivity index (χ0v) is 17.8. The number of primary amides is 1. The van der Waals surface area contributed by atoms with Crippen molar-refractivity contribution in [3.05, 3.63) is 18.0 Å². The number of amides is 2. The van der Waals surface area contributed by atoms with Crippen LogP contribution in [0, 0.1) is 5.92 Å². The Balaban J connectivity index is 1.50. The lowest BCUT2D eigenvalue weighted by Crippen LogP contribution is -2.42. The third kappa shape index (κ3) is 5.18. The molecule has 29 heavy (non-hydrogen) atoms.